The Balaban J connectivity index is 2.60. The Labute approximate surface area is 102 Å². The van der Waals surface area contributed by atoms with Gasteiger partial charge in [0.05, 0.1) is 18.8 Å². The Hall–Kier alpha value is -1.10. The molecule has 2 N–H and O–H groups in total. The molecule has 0 aromatic heterocycles. The lowest BCUT2D eigenvalue weighted by atomic mass is 10.1. The predicted molar refractivity (Wildman–Crippen MR) is 68.2 cm³/mol. The highest BCUT2D eigenvalue weighted by atomic mass is 16.5. The quantitative estimate of drug-likeness (QED) is 0.783. The molecule has 0 spiro atoms. The molecule has 0 saturated heterocycles. The van der Waals surface area contributed by atoms with E-state index in [2.05, 4.69) is 0 Å². The van der Waals surface area contributed by atoms with Gasteiger partial charge < -0.3 is 19.8 Å². The number of ether oxygens (including phenoxy) is 1. The fraction of sp³-hybridized carbons (Fsp3) is 0.538. The Morgan fingerprint density at radius 1 is 1.24 bits per heavy atom. The van der Waals surface area contributed by atoms with E-state index in [1.807, 2.05) is 36.2 Å². The predicted octanol–water partition coefficient (Wildman–Crippen LogP) is 1.18. The number of nitrogens with zero attached hydrogens (tertiary/aromatic N) is 1. The fourth-order valence-electron chi connectivity index (χ4n) is 1.67. The van der Waals surface area contributed by atoms with Crippen molar-refractivity contribution in [2.24, 2.45) is 0 Å². The molecule has 2 atom stereocenters. The highest BCUT2D eigenvalue weighted by Crippen LogP contribution is 2.18. The van der Waals surface area contributed by atoms with Crippen molar-refractivity contribution < 1.29 is 14.9 Å². The first-order valence-electron chi connectivity index (χ1n) is 5.70. The molecule has 17 heavy (non-hydrogen) atoms. The average Bonchev–Trinajstić information content (AvgIpc) is 2.29. The zero-order valence-corrected chi connectivity index (χ0v) is 10.6. The van der Waals surface area contributed by atoms with E-state index in [0.29, 0.717) is 13.2 Å². The van der Waals surface area contributed by atoms with Crippen molar-refractivity contribution in [1.82, 2.24) is 0 Å². The van der Waals surface area contributed by atoms with Crippen LogP contribution in [0.5, 0.6) is 0 Å². The van der Waals surface area contributed by atoms with Gasteiger partial charge in [-0.2, -0.15) is 0 Å². The molecule has 0 bridgehead atoms. The summed E-state index contributed by atoms with van der Waals surface area (Å²) in [6.45, 7) is 2.58. The summed E-state index contributed by atoms with van der Waals surface area (Å²) in [6.07, 6.45) is -0.949. The summed E-state index contributed by atoms with van der Waals surface area (Å²) in [4.78, 5) is 1.95. The second kappa shape index (κ2) is 6.59. The summed E-state index contributed by atoms with van der Waals surface area (Å²) in [6, 6.07) is 7.64. The van der Waals surface area contributed by atoms with Gasteiger partial charge in [-0.3, -0.25) is 0 Å². The largest absolute Gasteiger partial charge is 0.389 e. The lowest BCUT2D eigenvalue weighted by Crippen LogP contribution is -2.31. The minimum absolute atomic E-state index is 0.329. The topological polar surface area (TPSA) is 52.9 Å². The number of aliphatic hydroxyl groups is 2. The van der Waals surface area contributed by atoms with Gasteiger partial charge in [-0.25, -0.2) is 0 Å². The molecule has 0 radical (unpaired) electrons. The van der Waals surface area contributed by atoms with E-state index < -0.39 is 12.2 Å². The molecule has 96 valence electrons. The lowest BCUT2D eigenvalue weighted by Gasteiger charge is -2.22. The van der Waals surface area contributed by atoms with Crippen molar-refractivity contribution >= 4 is 5.69 Å². The Bertz CT molecular complexity index is 324. The van der Waals surface area contributed by atoms with E-state index in [1.165, 1.54) is 0 Å². The number of methoxy groups -OCH3 is 1. The first-order chi connectivity index (χ1) is 8.04. The van der Waals surface area contributed by atoms with Gasteiger partial charge in [0.1, 0.15) is 0 Å². The number of aliphatic hydroxyl groups excluding tert-OH is 2. The number of likely N-dealkylation sites (N-methyl/N-ethyl adjacent to an activating group) is 1. The van der Waals surface area contributed by atoms with Crippen LogP contribution in [0.15, 0.2) is 24.3 Å². The summed E-state index contributed by atoms with van der Waals surface area (Å²) in [5, 5.41) is 19.0. The van der Waals surface area contributed by atoms with Crippen molar-refractivity contribution in [3.63, 3.8) is 0 Å². The smallest absolute Gasteiger partial charge is 0.0947 e. The third-order valence-corrected chi connectivity index (χ3v) is 2.66. The van der Waals surface area contributed by atoms with Crippen LogP contribution >= 0.6 is 0 Å². The summed E-state index contributed by atoms with van der Waals surface area (Å²) in [7, 11) is 3.48. The van der Waals surface area contributed by atoms with Gasteiger partial charge in [0.2, 0.25) is 0 Å². The molecule has 0 saturated carbocycles. The van der Waals surface area contributed by atoms with Crippen LogP contribution in [0.2, 0.25) is 0 Å². The molecular formula is C13H21NO3. The maximum Gasteiger partial charge on any atom is 0.0947 e. The fourth-order valence-corrected chi connectivity index (χ4v) is 1.67. The third-order valence-electron chi connectivity index (χ3n) is 2.66. The molecule has 4 heteroatoms. The first kappa shape index (κ1) is 14.0. The van der Waals surface area contributed by atoms with Gasteiger partial charge in [0.25, 0.3) is 0 Å². The Morgan fingerprint density at radius 2 is 1.82 bits per heavy atom. The molecule has 0 heterocycles. The summed E-state index contributed by atoms with van der Waals surface area (Å²) >= 11 is 0. The Kier molecular flexibility index (Phi) is 5.41. The maximum atomic E-state index is 9.62. The van der Waals surface area contributed by atoms with E-state index >= 15 is 0 Å². The molecule has 0 aliphatic carbocycles. The minimum atomic E-state index is -0.499. The summed E-state index contributed by atoms with van der Waals surface area (Å²) in [5.74, 6) is 0. The average molecular weight is 239 g/mol. The Morgan fingerprint density at radius 3 is 2.29 bits per heavy atom. The second-order valence-corrected chi connectivity index (χ2v) is 4.26. The highest BCUT2D eigenvalue weighted by Gasteiger charge is 2.09. The zero-order chi connectivity index (χ0) is 12.8. The number of hydrogen-bond acceptors (Lipinski definition) is 4. The van der Waals surface area contributed by atoms with E-state index in [9.17, 15) is 10.2 Å². The van der Waals surface area contributed by atoms with Crippen LogP contribution in [-0.4, -0.2) is 43.6 Å². The molecule has 1 aromatic rings. The normalized spacial score (nSPS) is 14.4. The highest BCUT2D eigenvalue weighted by molar-refractivity contribution is 5.47. The number of hydrogen-bond donors (Lipinski definition) is 2. The van der Waals surface area contributed by atoms with Crippen LogP contribution < -0.4 is 4.90 Å². The standard InChI is InChI=1S/C13H21NO3/c1-10(15)11-4-6-12(7-5-11)14(2)8-13(16)9-17-3/h4-7,10,13,15-16H,8-9H2,1-3H3. The summed E-state index contributed by atoms with van der Waals surface area (Å²) in [5.41, 5.74) is 1.89. The molecule has 0 amide bonds. The van der Waals surface area contributed by atoms with Crippen molar-refractivity contribution in [3.8, 4) is 0 Å². The minimum Gasteiger partial charge on any atom is -0.389 e. The van der Waals surface area contributed by atoms with E-state index in [0.717, 1.165) is 11.3 Å². The van der Waals surface area contributed by atoms with Crippen LogP contribution in [0.1, 0.15) is 18.6 Å². The van der Waals surface area contributed by atoms with Crippen LogP contribution in [0.25, 0.3) is 0 Å². The molecule has 4 nitrogen and oxygen atoms in total. The lowest BCUT2D eigenvalue weighted by molar-refractivity contribution is 0.0695. The van der Waals surface area contributed by atoms with Crippen molar-refractivity contribution in [2.45, 2.75) is 19.1 Å². The molecule has 0 aliphatic rings. The van der Waals surface area contributed by atoms with Gasteiger partial charge in [0, 0.05) is 26.4 Å². The van der Waals surface area contributed by atoms with E-state index in [1.54, 1.807) is 14.0 Å². The maximum absolute atomic E-state index is 9.62. The number of rotatable bonds is 6. The molecule has 0 aliphatic heterocycles. The van der Waals surface area contributed by atoms with Gasteiger partial charge in [-0.1, -0.05) is 12.1 Å². The number of benzene rings is 1. The van der Waals surface area contributed by atoms with Gasteiger partial charge >= 0.3 is 0 Å². The molecule has 0 fully saturated rings. The molecular weight excluding hydrogens is 218 g/mol. The number of anilines is 1. The van der Waals surface area contributed by atoms with Crippen molar-refractivity contribution in [1.29, 1.82) is 0 Å². The van der Waals surface area contributed by atoms with Crippen LogP contribution in [0.3, 0.4) is 0 Å². The second-order valence-electron chi connectivity index (χ2n) is 4.26. The van der Waals surface area contributed by atoms with Crippen LogP contribution in [0.4, 0.5) is 5.69 Å². The van der Waals surface area contributed by atoms with Crippen LogP contribution in [0, 0.1) is 0 Å². The monoisotopic (exact) mass is 239 g/mol. The van der Waals surface area contributed by atoms with Gasteiger partial charge in [-0.15, -0.1) is 0 Å². The molecule has 1 aromatic carbocycles. The summed E-state index contributed by atoms with van der Waals surface area (Å²) < 4.78 is 4.88. The van der Waals surface area contributed by atoms with Crippen LogP contribution in [-0.2, 0) is 4.74 Å². The first-order valence-corrected chi connectivity index (χ1v) is 5.70. The molecule has 2 unspecified atom stereocenters. The van der Waals surface area contributed by atoms with Gasteiger partial charge in [0.15, 0.2) is 0 Å². The van der Waals surface area contributed by atoms with Gasteiger partial charge in [-0.05, 0) is 24.6 Å². The third kappa shape index (κ3) is 4.34. The van der Waals surface area contributed by atoms with Crippen molar-refractivity contribution in [2.75, 3.05) is 32.2 Å². The molecule has 1 rings (SSSR count). The SMILES string of the molecule is COCC(O)CN(C)c1ccc(C(C)O)cc1. The van der Waals surface area contributed by atoms with Crippen molar-refractivity contribution in [3.05, 3.63) is 29.8 Å². The van der Waals surface area contributed by atoms with E-state index in [4.69, 9.17) is 4.74 Å². The van der Waals surface area contributed by atoms with E-state index in [-0.39, 0.29) is 0 Å². The zero-order valence-electron chi connectivity index (χ0n) is 10.6.